The Morgan fingerprint density at radius 2 is 2.24 bits per heavy atom. The molecule has 0 spiro atoms. The Balaban J connectivity index is 2.02. The second kappa shape index (κ2) is 6.78. The van der Waals surface area contributed by atoms with Crippen molar-refractivity contribution < 1.29 is 14.3 Å². The Labute approximate surface area is 123 Å². The summed E-state index contributed by atoms with van der Waals surface area (Å²) in [5.74, 6) is 0.843. The van der Waals surface area contributed by atoms with Crippen molar-refractivity contribution in [2.24, 2.45) is 0 Å². The fourth-order valence-electron chi connectivity index (χ4n) is 1.99. The first kappa shape index (κ1) is 14.9. The summed E-state index contributed by atoms with van der Waals surface area (Å²) < 4.78 is 12.6. The maximum Gasteiger partial charge on any atom is 0.344 e. The number of aryl methyl sites for hydroxylation is 1. The maximum absolute atomic E-state index is 12.2. The van der Waals surface area contributed by atoms with Crippen LogP contribution in [0.1, 0.15) is 23.1 Å². The molecule has 6 heteroatoms. The fraction of sp³-hybridized carbons (Fsp3) is 0.333. The highest BCUT2D eigenvalue weighted by Crippen LogP contribution is 2.25. The van der Waals surface area contributed by atoms with Gasteiger partial charge in [0.15, 0.2) is 0 Å². The Morgan fingerprint density at radius 3 is 2.90 bits per heavy atom. The van der Waals surface area contributed by atoms with E-state index >= 15 is 0 Å². The van der Waals surface area contributed by atoms with Crippen LogP contribution in [0.15, 0.2) is 30.6 Å². The summed E-state index contributed by atoms with van der Waals surface area (Å²) in [5, 5.41) is 0. The molecule has 2 aromatic rings. The van der Waals surface area contributed by atoms with Crippen molar-refractivity contribution in [3.05, 3.63) is 42.0 Å². The van der Waals surface area contributed by atoms with Crippen molar-refractivity contribution in [2.75, 3.05) is 18.9 Å². The minimum atomic E-state index is -0.477. The number of nitrogen functional groups attached to an aromatic ring is 1. The van der Waals surface area contributed by atoms with E-state index in [4.69, 9.17) is 15.2 Å². The van der Waals surface area contributed by atoms with E-state index in [1.165, 1.54) is 0 Å². The van der Waals surface area contributed by atoms with Gasteiger partial charge < -0.3 is 19.8 Å². The molecule has 0 fully saturated rings. The molecule has 1 aromatic heterocycles. The Morgan fingerprint density at radius 1 is 1.43 bits per heavy atom. The van der Waals surface area contributed by atoms with Crippen LogP contribution in [-0.4, -0.2) is 28.7 Å². The maximum atomic E-state index is 12.2. The average Bonchev–Trinajstić information content (AvgIpc) is 2.85. The minimum Gasteiger partial charge on any atom is -0.493 e. The van der Waals surface area contributed by atoms with Crippen LogP contribution in [0.5, 0.6) is 5.75 Å². The zero-order valence-electron chi connectivity index (χ0n) is 12.2. The number of aromatic nitrogens is 2. The molecule has 0 aliphatic heterocycles. The van der Waals surface area contributed by atoms with Gasteiger partial charge in [-0.15, -0.1) is 0 Å². The predicted octanol–water partition coefficient (Wildman–Crippen LogP) is 2.03. The third-order valence-electron chi connectivity index (χ3n) is 3.05. The van der Waals surface area contributed by atoms with Crippen molar-refractivity contribution in [3.63, 3.8) is 0 Å². The van der Waals surface area contributed by atoms with Gasteiger partial charge in [0.25, 0.3) is 0 Å². The lowest BCUT2D eigenvalue weighted by atomic mass is 10.1. The molecule has 0 aliphatic carbocycles. The molecule has 0 aliphatic rings. The lowest BCUT2D eigenvalue weighted by Gasteiger charge is -2.12. The summed E-state index contributed by atoms with van der Waals surface area (Å²) in [7, 11) is 0. The van der Waals surface area contributed by atoms with E-state index < -0.39 is 5.97 Å². The van der Waals surface area contributed by atoms with Crippen molar-refractivity contribution in [2.45, 2.75) is 20.4 Å². The second-order valence-corrected chi connectivity index (χ2v) is 4.46. The van der Waals surface area contributed by atoms with Crippen molar-refractivity contribution in [1.82, 2.24) is 9.55 Å². The second-order valence-electron chi connectivity index (χ2n) is 4.46. The van der Waals surface area contributed by atoms with Gasteiger partial charge in [0.05, 0.1) is 13.2 Å². The van der Waals surface area contributed by atoms with Crippen LogP contribution in [0.2, 0.25) is 0 Å². The lowest BCUT2D eigenvalue weighted by molar-refractivity contribution is 0.0487. The summed E-state index contributed by atoms with van der Waals surface area (Å²) in [4.78, 5) is 16.3. The number of carbonyl (C=O) groups is 1. The van der Waals surface area contributed by atoms with Gasteiger partial charge in [-0.3, -0.25) is 0 Å². The first-order chi connectivity index (χ1) is 10.1. The number of nitrogens with two attached hydrogens (primary N) is 1. The van der Waals surface area contributed by atoms with E-state index in [0.29, 0.717) is 24.6 Å². The number of esters is 1. The zero-order chi connectivity index (χ0) is 15.2. The smallest absolute Gasteiger partial charge is 0.344 e. The van der Waals surface area contributed by atoms with Gasteiger partial charge in [-0.2, -0.15) is 0 Å². The quantitative estimate of drug-likeness (QED) is 0.650. The predicted molar refractivity (Wildman–Crippen MR) is 79.3 cm³/mol. The van der Waals surface area contributed by atoms with E-state index in [-0.39, 0.29) is 12.2 Å². The lowest BCUT2D eigenvalue weighted by Crippen LogP contribution is -2.14. The molecule has 2 N–H and O–H groups in total. The van der Waals surface area contributed by atoms with E-state index in [1.54, 1.807) is 24.4 Å². The highest BCUT2D eigenvalue weighted by Gasteiger charge is 2.17. The van der Waals surface area contributed by atoms with Crippen LogP contribution < -0.4 is 10.5 Å². The first-order valence-corrected chi connectivity index (χ1v) is 6.79. The van der Waals surface area contributed by atoms with Gasteiger partial charge in [0.2, 0.25) is 0 Å². The highest BCUT2D eigenvalue weighted by molar-refractivity contribution is 5.98. The molecule has 0 unspecified atom stereocenters. The molecule has 0 saturated heterocycles. The standard InChI is InChI=1S/C15H19N3O3/c1-3-20-13-6-4-5-12(16)14(13)15(19)21-10-9-18-8-7-17-11(18)2/h4-8H,3,9-10,16H2,1-2H3. The van der Waals surface area contributed by atoms with Crippen LogP contribution in [-0.2, 0) is 11.3 Å². The largest absolute Gasteiger partial charge is 0.493 e. The molecular weight excluding hydrogens is 270 g/mol. The van der Waals surface area contributed by atoms with Crippen LogP contribution in [0.3, 0.4) is 0 Å². The normalized spacial score (nSPS) is 10.4. The molecule has 0 atom stereocenters. The summed E-state index contributed by atoms with van der Waals surface area (Å²) in [6.07, 6.45) is 3.55. The summed E-state index contributed by atoms with van der Waals surface area (Å²) in [6, 6.07) is 5.10. The molecule has 0 bridgehead atoms. The topological polar surface area (TPSA) is 79.4 Å². The van der Waals surface area contributed by atoms with E-state index in [2.05, 4.69) is 4.98 Å². The SMILES string of the molecule is CCOc1cccc(N)c1C(=O)OCCn1ccnc1C. The van der Waals surface area contributed by atoms with E-state index in [1.807, 2.05) is 24.6 Å². The molecule has 1 aromatic carbocycles. The van der Waals surface area contributed by atoms with Gasteiger partial charge in [-0.25, -0.2) is 9.78 Å². The molecule has 0 amide bonds. The van der Waals surface area contributed by atoms with Crippen LogP contribution in [0.25, 0.3) is 0 Å². The van der Waals surface area contributed by atoms with Crippen molar-refractivity contribution >= 4 is 11.7 Å². The van der Waals surface area contributed by atoms with Crippen LogP contribution >= 0.6 is 0 Å². The molecule has 6 nitrogen and oxygen atoms in total. The number of imidazole rings is 1. The number of hydrogen-bond acceptors (Lipinski definition) is 5. The first-order valence-electron chi connectivity index (χ1n) is 6.79. The Bertz CT molecular complexity index is 622. The number of benzene rings is 1. The Kier molecular flexibility index (Phi) is 4.81. The third-order valence-corrected chi connectivity index (χ3v) is 3.05. The molecule has 112 valence electrons. The number of nitrogens with zero attached hydrogens (tertiary/aromatic N) is 2. The van der Waals surface area contributed by atoms with E-state index in [9.17, 15) is 4.79 Å². The van der Waals surface area contributed by atoms with Gasteiger partial charge in [-0.1, -0.05) is 6.07 Å². The van der Waals surface area contributed by atoms with Gasteiger partial charge in [0, 0.05) is 18.1 Å². The zero-order valence-corrected chi connectivity index (χ0v) is 12.2. The monoisotopic (exact) mass is 289 g/mol. The number of hydrogen-bond donors (Lipinski definition) is 1. The summed E-state index contributed by atoms with van der Waals surface area (Å²) in [6.45, 7) is 4.99. The van der Waals surface area contributed by atoms with Gasteiger partial charge in [-0.05, 0) is 26.0 Å². The van der Waals surface area contributed by atoms with Crippen LogP contribution in [0.4, 0.5) is 5.69 Å². The van der Waals surface area contributed by atoms with Crippen molar-refractivity contribution in [3.8, 4) is 5.75 Å². The average molecular weight is 289 g/mol. The van der Waals surface area contributed by atoms with E-state index in [0.717, 1.165) is 5.82 Å². The fourth-order valence-corrected chi connectivity index (χ4v) is 1.99. The molecule has 1 heterocycles. The summed E-state index contributed by atoms with van der Waals surface area (Å²) in [5.41, 5.74) is 6.48. The minimum absolute atomic E-state index is 0.246. The number of ether oxygens (including phenoxy) is 2. The molecule has 0 radical (unpaired) electrons. The molecule has 0 saturated carbocycles. The summed E-state index contributed by atoms with van der Waals surface area (Å²) >= 11 is 0. The third kappa shape index (κ3) is 3.53. The molecule has 21 heavy (non-hydrogen) atoms. The van der Waals surface area contributed by atoms with Gasteiger partial charge in [0.1, 0.15) is 23.7 Å². The number of rotatable bonds is 6. The van der Waals surface area contributed by atoms with Crippen molar-refractivity contribution in [1.29, 1.82) is 0 Å². The molecule has 2 rings (SSSR count). The Hall–Kier alpha value is -2.50. The number of anilines is 1. The van der Waals surface area contributed by atoms with Crippen LogP contribution in [0, 0.1) is 6.92 Å². The van der Waals surface area contributed by atoms with Gasteiger partial charge >= 0.3 is 5.97 Å². The number of carbonyl (C=O) groups excluding carboxylic acids is 1. The highest BCUT2D eigenvalue weighted by atomic mass is 16.5. The molecular formula is C15H19N3O3.